The normalized spacial score (nSPS) is 9.73. The van der Waals surface area contributed by atoms with Crippen molar-refractivity contribution >= 4 is 44.9 Å². The number of carbonyl (C=O) groups is 1. The molecule has 0 saturated heterocycles. The molecular formula is C15H14BrN3O2S. The van der Waals surface area contributed by atoms with Crippen molar-refractivity contribution in [3.05, 3.63) is 58.6 Å². The third-order valence-corrected chi connectivity index (χ3v) is 3.65. The third-order valence-electron chi connectivity index (χ3n) is 2.76. The predicted molar refractivity (Wildman–Crippen MR) is 94.0 cm³/mol. The molecule has 0 atom stereocenters. The summed E-state index contributed by atoms with van der Waals surface area (Å²) in [5, 5.41) is 3.24. The van der Waals surface area contributed by atoms with E-state index in [-0.39, 0.29) is 11.0 Å². The first kappa shape index (κ1) is 16.3. The highest BCUT2D eigenvalue weighted by molar-refractivity contribution is 9.10. The quantitative estimate of drug-likeness (QED) is 0.564. The number of amides is 1. The lowest BCUT2D eigenvalue weighted by Crippen LogP contribution is -2.43. The van der Waals surface area contributed by atoms with E-state index in [0.717, 1.165) is 11.4 Å². The van der Waals surface area contributed by atoms with Crippen molar-refractivity contribution in [2.24, 2.45) is 0 Å². The Hall–Kier alpha value is -2.12. The van der Waals surface area contributed by atoms with Gasteiger partial charge in [-0.2, -0.15) is 0 Å². The summed E-state index contributed by atoms with van der Waals surface area (Å²) in [6.07, 6.45) is 0. The van der Waals surface area contributed by atoms with Gasteiger partial charge in [-0.05, 0) is 64.5 Å². The van der Waals surface area contributed by atoms with Crippen molar-refractivity contribution in [3.63, 3.8) is 0 Å². The van der Waals surface area contributed by atoms with Gasteiger partial charge in [-0.25, -0.2) is 0 Å². The standard InChI is InChI=1S/C15H14BrN3O2S/c1-21-11-8-6-10(7-9-11)17-15(22)19-18-14(20)12-4-2-3-5-13(12)16/h2-9H,1H3,(H,18,20)(H2,17,19,22). The maximum absolute atomic E-state index is 12.0. The van der Waals surface area contributed by atoms with Crippen LogP contribution in [0, 0.1) is 0 Å². The van der Waals surface area contributed by atoms with E-state index in [2.05, 4.69) is 32.1 Å². The minimum Gasteiger partial charge on any atom is -0.497 e. The van der Waals surface area contributed by atoms with E-state index in [9.17, 15) is 4.79 Å². The zero-order valence-electron chi connectivity index (χ0n) is 11.7. The summed E-state index contributed by atoms with van der Waals surface area (Å²) in [4.78, 5) is 12.0. The first-order valence-electron chi connectivity index (χ1n) is 6.36. The average molecular weight is 380 g/mol. The van der Waals surface area contributed by atoms with E-state index in [4.69, 9.17) is 17.0 Å². The van der Waals surface area contributed by atoms with Gasteiger partial charge in [-0.1, -0.05) is 12.1 Å². The van der Waals surface area contributed by atoms with Crippen LogP contribution in [0.1, 0.15) is 10.4 Å². The van der Waals surface area contributed by atoms with Gasteiger partial charge in [0.25, 0.3) is 5.91 Å². The molecule has 0 aliphatic rings. The van der Waals surface area contributed by atoms with Crippen LogP contribution in [0.2, 0.25) is 0 Å². The minimum absolute atomic E-state index is 0.283. The molecule has 0 unspecified atom stereocenters. The van der Waals surface area contributed by atoms with Crippen LogP contribution in [-0.4, -0.2) is 18.1 Å². The van der Waals surface area contributed by atoms with E-state index >= 15 is 0 Å². The fraction of sp³-hybridized carbons (Fsp3) is 0.0667. The molecule has 0 heterocycles. The molecule has 0 spiro atoms. The molecule has 22 heavy (non-hydrogen) atoms. The van der Waals surface area contributed by atoms with Crippen LogP contribution < -0.4 is 20.9 Å². The Balaban J connectivity index is 1.87. The molecule has 1 amide bonds. The molecule has 5 nitrogen and oxygen atoms in total. The Morgan fingerprint density at radius 1 is 1.09 bits per heavy atom. The number of anilines is 1. The van der Waals surface area contributed by atoms with Gasteiger partial charge in [0.05, 0.1) is 12.7 Å². The Morgan fingerprint density at radius 3 is 2.41 bits per heavy atom. The number of hydrazine groups is 1. The third kappa shape index (κ3) is 4.44. The Morgan fingerprint density at radius 2 is 1.77 bits per heavy atom. The topological polar surface area (TPSA) is 62.4 Å². The zero-order chi connectivity index (χ0) is 15.9. The van der Waals surface area contributed by atoms with E-state index in [1.165, 1.54) is 0 Å². The van der Waals surface area contributed by atoms with E-state index in [1.807, 2.05) is 30.3 Å². The molecule has 2 aromatic rings. The number of rotatable bonds is 3. The molecule has 7 heteroatoms. The maximum Gasteiger partial charge on any atom is 0.270 e. The second kappa shape index (κ2) is 7.77. The molecule has 0 bridgehead atoms. The summed E-state index contributed by atoms with van der Waals surface area (Å²) in [5.41, 5.74) is 6.49. The second-order valence-electron chi connectivity index (χ2n) is 4.24. The summed E-state index contributed by atoms with van der Waals surface area (Å²) < 4.78 is 5.79. The van der Waals surface area contributed by atoms with E-state index in [1.54, 1.807) is 25.3 Å². The largest absolute Gasteiger partial charge is 0.497 e. The van der Waals surface area contributed by atoms with Crippen LogP contribution in [0.4, 0.5) is 5.69 Å². The van der Waals surface area contributed by atoms with Crippen LogP contribution in [-0.2, 0) is 0 Å². The zero-order valence-corrected chi connectivity index (χ0v) is 14.1. The Bertz CT molecular complexity index is 677. The van der Waals surface area contributed by atoms with Crippen LogP contribution in [0.15, 0.2) is 53.0 Å². The molecular weight excluding hydrogens is 366 g/mol. The van der Waals surface area contributed by atoms with Gasteiger partial charge in [0.15, 0.2) is 5.11 Å². The average Bonchev–Trinajstić information content (AvgIpc) is 2.54. The lowest BCUT2D eigenvalue weighted by Gasteiger charge is -2.12. The van der Waals surface area contributed by atoms with E-state index < -0.39 is 0 Å². The highest BCUT2D eigenvalue weighted by Gasteiger charge is 2.09. The number of hydrogen-bond donors (Lipinski definition) is 3. The van der Waals surface area contributed by atoms with Crippen molar-refractivity contribution in [2.45, 2.75) is 0 Å². The fourth-order valence-electron chi connectivity index (χ4n) is 1.66. The molecule has 3 N–H and O–H groups in total. The molecule has 0 aliphatic heterocycles. The second-order valence-corrected chi connectivity index (χ2v) is 5.50. The fourth-order valence-corrected chi connectivity index (χ4v) is 2.30. The number of thiocarbonyl (C=S) groups is 1. The van der Waals surface area contributed by atoms with Crippen molar-refractivity contribution in [2.75, 3.05) is 12.4 Å². The SMILES string of the molecule is COc1ccc(NC(=S)NNC(=O)c2ccccc2Br)cc1. The lowest BCUT2D eigenvalue weighted by atomic mass is 10.2. The molecule has 0 fully saturated rings. The van der Waals surface area contributed by atoms with Gasteiger partial charge < -0.3 is 10.1 Å². The Kier molecular flexibility index (Phi) is 5.74. The molecule has 2 aromatic carbocycles. The number of ether oxygens (including phenoxy) is 1. The van der Waals surface area contributed by atoms with Gasteiger partial charge in [0.2, 0.25) is 0 Å². The first-order chi connectivity index (χ1) is 10.6. The number of nitrogens with one attached hydrogen (secondary N) is 3. The maximum atomic E-state index is 12.0. The van der Waals surface area contributed by atoms with Crippen molar-refractivity contribution in [1.29, 1.82) is 0 Å². The van der Waals surface area contributed by atoms with Gasteiger partial charge in [-0.15, -0.1) is 0 Å². The van der Waals surface area contributed by atoms with Crippen LogP contribution in [0.25, 0.3) is 0 Å². The molecule has 2 rings (SSSR count). The highest BCUT2D eigenvalue weighted by Crippen LogP contribution is 2.16. The summed E-state index contributed by atoms with van der Waals surface area (Å²) >= 11 is 8.44. The number of hydrogen-bond acceptors (Lipinski definition) is 3. The van der Waals surface area contributed by atoms with Gasteiger partial charge >= 0.3 is 0 Å². The van der Waals surface area contributed by atoms with Crippen LogP contribution in [0.3, 0.4) is 0 Å². The summed E-state index contributed by atoms with van der Waals surface area (Å²) in [5.74, 6) is 0.470. The van der Waals surface area contributed by atoms with Crippen molar-refractivity contribution in [3.8, 4) is 5.75 Å². The molecule has 0 saturated carbocycles. The molecule has 114 valence electrons. The lowest BCUT2D eigenvalue weighted by molar-refractivity contribution is 0.0943. The number of carbonyl (C=O) groups excluding carboxylic acids is 1. The number of halogens is 1. The van der Waals surface area contributed by atoms with Gasteiger partial charge in [-0.3, -0.25) is 15.6 Å². The van der Waals surface area contributed by atoms with Gasteiger partial charge in [0.1, 0.15) is 5.75 Å². The molecule has 0 aliphatic carbocycles. The molecule has 0 aromatic heterocycles. The van der Waals surface area contributed by atoms with E-state index in [0.29, 0.717) is 10.0 Å². The summed E-state index contributed by atoms with van der Waals surface area (Å²) in [6, 6.07) is 14.4. The first-order valence-corrected chi connectivity index (χ1v) is 7.56. The summed E-state index contributed by atoms with van der Waals surface area (Å²) in [7, 11) is 1.60. The van der Waals surface area contributed by atoms with Crippen molar-refractivity contribution in [1.82, 2.24) is 10.9 Å². The Labute approximate surface area is 142 Å². The highest BCUT2D eigenvalue weighted by atomic mass is 79.9. The van der Waals surface area contributed by atoms with Crippen LogP contribution >= 0.6 is 28.1 Å². The minimum atomic E-state index is -0.286. The summed E-state index contributed by atoms with van der Waals surface area (Å²) in [6.45, 7) is 0. The monoisotopic (exact) mass is 379 g/mol. The van der Waals surface area contributed by atoms with Gasteiger partial charge in [0, 0.05) is 10.2 Å². The number of methoxy groups -OCH3 is 1. The van der Waals surface area contributed by atoms with Crippen molar-refractivity contribution < 1.29 is 9.53 Å². The molecule has 0 radical (unpaired) electrons. The van der Waals surface area contributed by atoms with Crippen LogP contribution in [0.5, 0.6) is 5.75 Å². The predicted octanol–water partition coefficient (Wildman–Crippen LogP) is 3.09. The smallest absolute Gasteiger partial charge is 0.270 e. The number of benzene rings is 2.